The van der Waals surface area contributed by atoms with Crippen molar-refractivity contribution < 1.29 is 0 Å². The Morgan fingerprint density at radius 2 is 1.14 bits per heavy atom. The SMILES string of the molecule is C=Cc1ccc(CCCCCCCP(Cl)(CCCC)(CCCC)CCCC)cc1. The Morgan fingerprint density at radius 1 is 0.690 bits per heavy atom. The fourth-order valence-electron chi connectivity index (χ4n) is 4.52. The first-order chi connectivity index (χ1) is 14.0. The molecule has 0 heterocycles. The van der Waals surface area contributed by atoms with E-state index in [1.54, 1.807) is 0 Å². The van der Waals surface area contributed by atoms with Crippen LogP contribution in [0.2, 0.25) is 0 Å². The third-order valence-electron chi connectivity index (χ3n) is 6.61. The van der Waals surface area contributed by atoms with Crippen LogP contribution >= 0.6 is 17.2 Å². The van der Waals surface area contributed by atoms with Crippen LogP contribution in [0.5, 0.6) is 0 Å². The van der Waals surface area contributed by atoms with Gasteiger partial charge in [0.15, 0.2) is 0 Å². The molecule has 29 heavy (non-hydrogen) atoms. The van der Waals surface area contributed by atoms with Gasteiger partial charge in [0.2, 0.25) is 0 Å². The van der Waals surface area contributed by atoms with Crippen LogP contribution in [0.1, 0.15) is 103 Å². The molecule has 168 valence electrons. The first kappa shape index (κ1) is 26.7. The summed E-state index contributed by atoms with van der Waals surface area (Å²) in [5, 5.41) is 0. The van der Waals surface area contributed by atoms with Gasteiger partial charge in [-0.15, -0.1) is 0 Å². The van der Waals surface area contributed by atoms with Crippen LogP contribution in [-0.4, -0.2) is 24.6 Å². The minimum atomic E-state index is -2.01. The zero-order valence-electron chi connectivity index (χ0n) is 19.7. The van der Waals surface area contributed by atoms with Crippen LogP contribution in [0.3, 0.4) is 0 Å². The van der Waals surface area contributed by atoms with Gasteiger partial charge in [-0.05, 0) is 0 Å². The monoisotopic (exact) mass is 438 g/mol. The molecule has 0 fully saturated rings. The van der Waals surface area contributed by atoms with Crippen LogP contribution in [0.4, 0.5) is 0 Å². The van der Waals surface area contributed by atoms with E-state index in [0.717, 1.165) is 0 Å². The molecule has 0 spiro atoms. The topological polar surface area (TPSA) is 0 Å². The van der Waals surface area contributed by atoms with Crippen LogP contribution in [0, 0.1) is 0 Å². The fourth-order valence-corrected chi connectivity index (χ4v) is 11.6. The third kappa shape index (κ3) is 10.5. The average molecular weight is 439 g/mol. The average Bonchev–Trinajstić information content (AvgIpc) is 2.75. The zero-order valence-corrected chi connectivity index (χ0v) is 21.4. The number of unbranched alkanes of at least 4 members (excludes halogenated alkanes) is 7. The number of rotatable bonds is 18. The van der Waals surface area contributed by atoms with Crippen molar-refractivity contribution in [3.05, 3.63) is 42.0 Å². The molecule has 0 radical (unpaired) electrons. The second kappa shape index (κ2) is 14.6. The van der Waals surface area contributed by atoms with Crippen molar-refractivity contribution in [3.63, 3.8) is 0 Å². The molecule has 0 unspecified atom stereocenters. The van der Waals surface area contributed by atoms with Crippen molar-refractivity contribution in [2.24, 2.45) is 0 Å². The molecule has 1 rings (SSSR count). The second-order valence-electron chi connectivity index (χ2n) is 9.24. The predicted molar refractivity (Wildman–Crippen MR) is 140 cm³/mol. The molecule has 0 aliphatic carbocycles. The van der Waals surface area contributed by atoms with E-state index >= 15 is 0 Å². The summed E-state index contributed by atoms with van der Waals surface area (Å²) in [5.41, 5.74) is 2.67. The molecule has 1 aromatic rings. The van der Waals surface area contributed by atoms with E-state index in [-0.39, 0.29) is 0 Å². The maximum absolute atomic E-state index is 7.70. The molecular formula is C27H48ClP. The summed E-state index contributed by atoms with van der Waals surface area (Å²) in [7, 11) is 0. The van der Waals surface area contributed by atoms with Gasteiger partial charge in [-0.2, -0.15) is 0 Å². The first-order valence-electron chi connectivity index (χ1n) is 12.4. The van der Waals surface area contributed by atoms with Crippen molar-refractivity contribution in [1.82, 2.24) is 0 Å². The Kier molecular flexibility index (Phi) is 13.5. The predicted octanol–water partition coefficient (Wildman–Crippen LogP) is 9.93. The molecule has 0 aromatic heterocycles. The summed E-state index contributed by atoms with van der Waals surface area (Å²) in [4.78, 5) is 0. The van der Waals surface area contributed by atoms with Crippen molar-refractivity contribution in [2.75, 3.05) is 24.6 Å². The Morgan fingerprint density at radius 3 is 1.62 bits per heavy atom. The number of halogens is 1. The van der Waals surface area contributed by atoms with Gasteiger partial charge in [0, 0.05) is 0 Å². The Hall–Kier alpha value is -0.320. The van der Waals surface area contributed by atoms with Gasteiger partial charge in [0.1, 0.15) is 0 Å². The van der Waals surface area contributed by atoms with Gasteiger partial charge in [-0.3, -0.25) is 0 Å². The summed E-state index contributed by atoms with van der Waals surface area (Å²) in [6, 6.07) is 8.86. The molecule has 0 aliphatic heterocycles. The molecular weight excluding hydrogens is 391 g/mol. The maximum atomic E-state index is 7.70. The molecule has 0 N–H and O–H groups in total. The molecule has 0 saturated carbocycles. The van der Waals surface area contributed by atoms with E-state index in [2.05, 4.69) is 51.6 Å². The van der Waals surface area contributed by atoms with Crippen molar-refractivity contribution >= 4 is 23.3 Å². The molecule has 0 aliphatic rings. The zero-order chi connectivity index (χ0) is 21.5. The van der Waals surface area contributed by atoms with Crippen LogP contribution in [-0.2, 0) is 6.42 Å². The molecule has 2 heteroatoms. The summed E-state index contributed by atoms with van der Waals surface area (Å²) in [6.07, 6.45) is 23.1. The van der Waals surface area contributed by atoms with E-state index in [4.69, 9.17) is 11.2 Å². The minimum absolute atomic E-state index is 1.20. The number of hydrogen-bond donors (Lipinski definition) is 0. The van der Waals surface area contributed by atoms with Gasteiger partial charge < -0.3 is 0 Å². The van der Waals surface area contributed by atoms with E-state index in [1.165, 1.54) is 113 Å². The molecule has 0 atom stereocenters. The van der Waals surface area contributed by atoms with E-state index < -0.39 is 5.96 Å². The standard InChI is InChI=1S/C27H48ClP/c1-5-9-22-29(28,23-10-6-2,24-11-7-3)25-16-14-12-13-15-17-27-20-18-26(8-4)19-21-27/h8,18-21H,4-7,9-17,22-25H2,1-3H3. The van der Waals surface area contributed by atoms with Gasteiger partial charge in [-0.25, -0.2) is 0 Å². The van der Waals surface area contributed by atoms with E-state index in [0.29, 0.717) is 0 Å². The Balaban J connectivity index is 2.42. The van der Waals surface area contributed by atoms with Gasteiger partial charge in [0.25, 0.3) is 0 Å². The fraction of sp³-hybridized carbons (Fsp3) is 0.704. The third-order valence-corrected chi connectivity index (χ3v) is 14.4. The molecule has 0 amide bonds. The van der Waals surface area contributed by atoms with Crippen molar-refractivity contribution in [2.45, 2.75) is 97.8 Å². The van der Waals surface area contributed by atoms with Crippen LogP contribution in [0.15, 0.2) is 30.8 Å². The Labute approximate surface area is 187 Å². The molecule has 0 nitrogen and oxygen atoms in total. The first-order valence-corrected chi connectivity index (χ1v) is 16.3. The van der Waals surface area contributed by atoms with Gasteiger partial charge in [-0.1, -0.05) is 6.58 Å². The van der Waals surface area contributed by atoms with Gasteiger partial charge >= 0.3 is 181 Å². The van der Waals surface area contributed by atoms with Crippen molar-refractivity contribution in [3.8, 4) is 0 Å². The van der Waals surface area contributed by atoms with E-state index in [1.807, 2.05) is 6.08 Å². The summed E-state index contributed by atoms with van der Waals surface area (Å²) in [5.74, 6) is -2.01. The quantitative estimate of drug-likeness (QED) is 0.158. The number of benzene rings is 1. The second-order valence-corrected chi connectivity index (χ2v) is 17.5. The summed E-state index contributed by atoms with van der Waals surface area (Å²) < 4.78 is 0. The van der Waals surface area contributed by atoms with E-state index in [9.17, 15) is 0 Å². The van der Waals surface area contributed by atoms with Crippen LogP contribution in [0.25, 0.3) is 6.08 Å². The van der Waals surface area contributed by atoms with Gasteiger partial charge in [0.05, 0.1) is 0 Å². The van der Waals surface area contributed by atoms with Crippen molar-refractivity contribution in [1.29, 1.82) is 0 Å². The summed E-state index contributed by atoms with van der Waals surface area (Å²) in [6.45, 7) is 10.8. The normalized spacial score (nSPS) is 13.2. The Bertz CT molecular complexity index is 524. The van der Waals surface area contributed by atoms with Crippen LogP contribution < -0.4 is 0 Å². The molecule has 1 aromatic carbocycles. The number of hydrogen-bond acceptors (Lipinski definition) is 0. The summed E-state index contributed by atoms with van der Waals surface area (Å²) >= 11 is 7.70. The number of aryl methyl sites for hydroxylation is 1. The molecule has 0 saturated heterocycles. The molecule has 0 bridgehead atoms.